The number of nitrogens with one attached hydrogen (secondary N) is 1. The number of aliphatic imine (C=N–C) groups is 1. The van der Waals surface area contributed by atoms with Gasteiger partial charge in [-0.15, -0.1) is 0 Å². The maximum Gasteiger partial charge on any atom is 0.188 e. The predicted octanol–water partition coefficient (Wildman–Crippen LogP) is 2.04. The normalized spacial score (nSPS) is 16.0. The van der Waals surface area contributed by atoms with Gasteiger partial charge in [-0.25, -0.2) is 9.38 Å². The SMILES string of the molecule is COc1cc(F)cc(CN=C(N)NCC2CCC2)c1. The van der Waals surface area contributed by atoms with Crippen LogP contribution in [0.1, 0.15) is 24.8 Å². The van der Waals surface area contributed by atoms with Gasteiger partial charge in [-0.1, -0.05) is 6.42 Å². The van der Waals surface area contributed by atoms with Gasteiger partial charge in [0, 0.05) is 12.6 Å². The Morgan fingerprint density at radius 3 is 2.89 bits per heavy atom. The van der Waals surface area contributed by atoms with Crippen LogP contribution < -0.4 is 15.8 Å². The number of hydrogen-bond donors (Lipinski definition) is 2. The van der Waals surface area contributed by atoms with Gasteiger partial charge in [0.1, 0.15) is 11.6 Å². The molecule has 2 rings (SSSR count). The Morgan fingerprint density at radius 1 is 1.47 bits per heavy atom. The molecule has 1 aromatic carbocycles. The molecule has 1 aliphatic carbocycles. The molecule has 104 valence electrons. The Balaban J connectivity index is 1.86. The molecule has 0 amide bonds. The van der Waals surface area contributed by atoms with Gasteiger partial charge in [0.2, 0.25) is 0 Å². The molecule has 4 nitrogen and oxygen atoms in total. The lowest BCUT2D eigenvalue weighted by Crippen LogP contribution is -2.37. The summed E-state index contributed by atoms with van der Waals surface area (Å²) in [5, 5.41) is 3.10. The van der Waals surface area contributed by atoms with E-state index >= 15 is 0 Å². The van der Waals surface area contributed by atoms with Crippen molar-refractivity contribution < 1.29 is 9.13 Å². The van der Waals surface area contributed by atoms with Gasteiger partial charge in [0.05, 0.1) is 13.7 Å². The molecule has 0 aromatic heterocycles. The molecule has 5 heteroatoms. The fraction of sp³-hybridized carbons (Fsp3) is 0.500. The molecule has 1 saturated carbocycles. The minimum atomic E-state index is -0.328. The van der Waals surface area contributed by atoms with Crippen molar-refractivity contribution in [1.82, 2.24) is 5.32 Å². The second-order valence-electron chi connectivity index (χ2n) is 4.88. The number of benzene rings is 1. The Labute approximate surface area is 112 Å². The van der Waals surface area contributed by atoms with Crippen LogP contribution in [0, 0.1) is 11.7 Å². The average molecular weight is 265 g/mol. The second-order valence-corrected chi connectivity index (χ2v) is 4.88. The maximum atomic E-state index is 13.3. The van der Waals surface area contributed by atoms with Crippen LogP contribution in [0.4, 0.5) is 4.39 Å². The van der Waals surface area contributed by atoms with E-state index in [1.165, 1.54) is 38.5 Å². The summed E-state index contributed by atoms with van der Waals surface area (Å²) in [4.78, 5) is 4.20. The van der Waals surface area contributed by atoms with Crippen LogP contribution in [0.2, 0.25) is 0 Å². The first-order chi connectivity index (χ1) is 9.17. The molecule has 0 atom stereocenters. The van der Waals surface area contributed by atoms with Crippen molar-refractivity contribution in [2.75, 3.05) is 13.7 Å². The first kappa shape index (κ1) is 13.6. The van der Waals surface area contributed by atoms with E-state index in [9.17, 15) is 4.39 Å². The molecule has 19 heavy (non-hydrogen) atoms. The van der Waals surface area contributed by atoms with Crippen molar-refractivity contribution in [3.63, 3.8) is 0 Å². The van der Waals surface area contributed by atoms with Crippen molar-refractivity contribution in [2.24, 2.45) is 16.6 Å². The van der Waals surface area contributed by atoms with Gasteiger partial charge in [0.25, 0.3) is 0 Å². The third-order valence-corrected chi connectivity index (χ3v) is 3.40. The Morgan fingerprint density at radius 2 is 2.26 bits per heavy atom. The van der Waals surface area contributed by atoms with E-state index in [1.54, 1.807) is 6.07 Å². The lowest BCUT2D eigenvalue weighted by atomic mass is 9.85. The number of nitrogens with zero attached hydrogens (tertiary/aromatic N) is 1. The summed E-state index contributed by atoms with van der Waals surface area (Å²) in [6.45, 7) is 1.22. The standard InChI is InChI=1S/C14H20FN3O/c1-19-13-6-11(5-12(15)7-13)9-18-14(16)17-8-10-3-2-4-10/h5-7,10H,2-4,8-9H2,1H3,(H3,16,17,18). The van der Waals surface area contributed by atoms with Crippen molar-refractivity contribution >= 4 is 5.96 Å². The zero-order valence-corrected chi connectivity index (χ0v) is 11.2. The Kier molecular flexibility index (Phi) is 4.60. The van der Waals surface area contributed by atoms with E-state index in [2.05, 4.69) is 10.3 Å². The van der Waals surface area contributed by atoms with Gasteiger partial charge in [-0.3, -0.25) is 0 Å². The first-order valence-corrected chi connectivity index (χ1v) is 6.54. The van der Waals surface area contributed by atoms with Crippen LogP contribution >= 0.6 is 0 Å². The van der Waals surface area contributed by atoms with Crippen LogP contribution in [-0.4, -0.2) is 19.6 Å². The molecule has 1 fully saturated rings. The van der Waals surface area contributed by atoms with Crippen LogP contribution in [0.5, 0.6) is 5.75 Å². The highest BCUT2D eigenvalue weighted by Crippen LogP contribution is 2.25. The van der Waals surface area contributed by atoms with E-state index in [1.807, 2.05) is 0 Å². The van der Waals surface area contributed by atoms with Gasteiger partial charge in [-0.05, 0) is 36.5 Å². The Hall–Kier alpha value is -1.78. The van der Waals surface area contributed by atoms with E-state index in [4.69, 9.17) is 10.5 Å². The van der Waals surface area contributed by atoms with E-state index in [0.29, 0.717) is 18.3 Å². The van der Waals surface area contributed by atoms with E-state index < -0.39 is 0 Å². The van der Waals surface area contributed by atoms with Crippen LogP contribution in [0.25, 0.3) is 0 Å². The fourth-order valence-corrected chi connectivity index (χ4v) is 2.01. The summed E-state index contributed by atoms with van der Waals surface area (Å²) in [5.41, 5.74) is 6.51. The summed E-state index contributed by atoms with van der Waals surface area (Å²) in [7, 11) is 1.51. The van der Waals surface area contributed by atoms with Crippen LogP contribution in [0.15, 0.2) is 23.2 Å². The third kappa shape index (κ3) is 4.12. The summed E-state index contributed by atoms with van der Waals surface area (Å²) in [6, 6.07) is 4.53. The summed E-state index contributed by atoms with van der Waals surface area (Å²) >= 11 is 0. The van der Waals surface area contributed by atoms with E-state index in [0.717, 1.165) is 18.0 Å². The number of ether oxygens (including phenoxy) is 1. The average Bonchev–Trinajstić information content (AvgIpc) is 2.34. The number of hydrogen-bond acceptors (Lipinski definition) is 2. The van der Waals surface area contributed by atoms with E-state index in [-0.39, 0.29) is 5.82 Å². The molecule has 0 spiro atoms. The zero-order valence-electron chi connectivity index (χ0n) is 11.2. The monoisotopic (exact) mass is 265 g/mol. The molecule has 0 saturated heterocycles. The minimum Gasteiger partial charge on any atom is -0.497 e. The number of halogens is 1. The number of rotatable bonds is 5. The molecule has 0 bridgehead atoms. The van der Waals surface area contributed by atoms with Gasteiger partial charge >= 0.3 is 0 Å². The quantitative estimate of drug-likeness (QED) is 0.632. The Bertz CT molecular complexity index is 458. The molecule has 0 unspecified atom stereocenters. The van der Waals surface area contributed by atoms with Crippen molar-refractivity contribution in [3.8, 4) is 5.75 Å². The van der Waals surface area contributed by atoms with Crippen LogP contribution in [0.3, 0.4) is 0 Å². The minimum absolute atomic E-state index is 0.328. The highest BCUT2D eigenvalue weighted by atomic mass is 19.1. The summed E-state index contributed by atoms with van der Waals surface area (Å²) in [6.07, 6.45) is 3.84. The van der Waals surface area contributed by atoms with Crippen molar-refractivity contribution in [1.29, 1.82) is 0 Å². The van der Waals surface area contributed by atoms with Gasteiger partial charge in [-0.2, -0.15) is 0 Å². The molecular weight excluding hydrogens is 245 g/mol. The maximum absolute atomic E-state index is 13.3. The number of nitrogens with two attached hydrogens (primary N) is 1. The highest BCUT2D eigenvalue weighted by molar-refractivity contribution is 5.77. The first-order valence-electron chi connectivity index (χ1n) is 6.54. The number of methoxy groups -OCH3 is 1. The number of guanidine groups is 1. The summed E-state index contributed by atoms with van der Waals surface area (Å²) < 4.78 is 18.3. The molecular formula is C14H20FN3O. The lowest BCUT2D eigenvalue weighted by Gasteiger charge is -2.25. The highest BCUT2D eigenvalue weighted by Gasteiger charge is 2.16. The molecule has 0 aliphatic heterocycles. The van der Waals surface area contributed by atoms with Gasteiger partial charge in [0.15, 0.2) is 5.96 Å². The molecule has 3 N–H and O–H groups in total. The topological polar surface area (TPSA) is 59.6 Å². The van der Waals surface area contributed by atoms with Crippen LogP contribution in [-0.2, 0) is 6.54 Å². The molecule has 0 heterocycles. The fourth-order valence-electron chi connectivity index (χ4n) is 2.01. The smallest absolute Gasteiger partial charge is 0.188 e. The van der Waals surface area contributed by atoms with Crippen molar-refractivity contribution in [3.05, 3.63) is 29.6 Å². The van der Waals surface area contributed by atoms with Gasteiger partial charge < -0.3 is 15.8 Å². The molecule has 0 radical (unpaired) electrons. The largest absolute Gasteiger partial charge is 0.497 e. The second kappa shape index (κ2) is 6.41. The van der Waals surface area contributed by atoms with Crippen molar-refractivity contribution in [2.45, 2.75) is 25.8 Å². The predicted molar refractivity (Wildman–Crippen MR) is 73.6 cm³/mol. The molecule has 1 aliphatic rings. The lowest BCUT2D eigenvalue weighted by molar-refractivity contribution is 0.315. The third-order valence-electron chi connectivity index (χ3n) is 3.40. The summed E-state index contributed by atoms with van der Waals surface area (Å²) in [5.74, 6) is 1.30. The zero-order chi connectivity index (χ0) is 13.7. The molecule has 1 aromatic rings.